The van der Waals surface area contributed by atoms with Gasteiger partial charge in [0.2, 0.25) is 6.41 Å². The molecule has 8 nitrogen and oxygen atoms in total. The number of carbonyl (C=O) groups excluding carboxylic acids is 1. The minimum Gasteiger partial charge on any atom is -0.496 e. The molecule has 0 spiro atoms. The number of methoxy groups -OCH3 is 1. The summed E-state index contributed by atoms with van der Waals surface area (Å²) >= 11 is 0.0513. The number of para-hydroxylation sites is 1. The lowest BCUT2D eigenvalue weighted by Crippen LogP contribution is -2.47. The van der Waals surface area contributed by atoms with Gasteiger partial charge in [0.25, 0.3) is 0 Å². The Bertz CT molecular complexity index is 1060. The van der Waals surface area contributed by atoms with Crippen molar-refractivity contribution in [3.8, 4) is 16.9 Å². The van der Waals surface area contributed by atoms with Crippen LogP contribution in [0.15, 0.2) is 42.6 Å². The van der Waals surface area contributed by atoms with E-state index in [1.165, 1.54) is 43.2 Å². The highest BCUT2D eigenvalue weighted by Crippen LogP contribution is 2.37. The smallest absolute Gasteiger partial charge is 0.212 e. The van der Waals surface area contributed by atoms with Gasteiger partial charge in [-0.3, -0.25) is 9.69 Å². The monoisotopic (exact) mass is 488 g/mol. The van der Waals surface area contributed by atoms with Crippen molar-refractivity contribution in [2.24, 2.45) is 0 Å². The summed E-state index contributed by atoms with van der Waals surface area (Å²) in [5.74, 6) is 1.06. The largest absolute Gasteiger partial charge is 0.496 e. The van der Waals surface area contributed by atoms with Crippen molar-refractivity contribution in [1.82, 2.24) is 24.1 Å². The second-order valence-corrected chi connectivity index (χ2v) is 8.38. The molecule has 0 bridgehead atoms. The number of benzene rings is 1. The van der Waals surface area contributed by atoms with Crippen LogP contribution in [-0.4, -0.2) is 85.1 Å². The molecule has 4 rings (SSSR count). The summed E-state index contributed by atoms with van der Waals surface area (Å²) in [6.07, 6.45) is 2.19. The molecule has 10 heteroatoms. The number of amides is 1. The number of pyridine rings is 1. The number of carbonyl (C=O) groups is 1. The molecular weight excluding hydrogens is 455 g/mol. The van der Waals surface area contributed by atoms with E-state index in [0.717, 1.165) is 23.1 Å². The summed E-state index contributed by atoms with van der Waals surface area (Å²) in [4.78, 5) is 19.8. The number of fused-ring (bicyclic) bond motifs is 1. The van der Waals surface area contributed by atoms with Crippen LogP contribution >= 0.6 is 12.3 Å². The molecule has 0 saturated carbocycles. The fourth-order valence-corrected chi connectivity index (χ4v) is 4.30. The number of nitrogens with zero attached hydrogens (tertiary/aromatic N) is 4. The third-order valence-corrected chi connectivity index (χ3v) is 6.32. The standard InChI is InChI=1S/C15H12FN3O2S.C9H21N3/c1-21-13-5-3-2-4-10(13)12-8-19(22-16)15-11(12)6-7-14(18-15)17-9-20;1-3-11-6-8-12(9-7-11)5-4-10-2/h2-9H,1H3,(H,17,18,20);10H,3-9H2,1-2H3. The molecule has 0 radical (unpaired) electrons. The molecule has 1 aromatic carbocycles. The summed E-state index contributed by atoms with van der Waals surface area (Å²) in [5.41, 5.74) is 2.09. The molecule has 34 heavy (non-hydrogen) atoms. The lowest BCUT2D eigenvalue weighted by atomic mass is 10.0. The zero-order valence-corrected chi connectivity index (χ0v) is 20.8. The van der Waals surface area contributed by atoms with Crippen molar-refractivity contribution in [1.29, 1.82) is 0 Å². The highest BCUT2D eigenvalue weighted by molar-refractivity contribution is 7.92. The van der Waals surface area contributed by atoms with Gasteiger partial charge in [0.05, 0.1) is 7.11 Å². The molecule has 3 aromatic rings. The SMILES string of the molecule is CCN1CCN(CCNC)CC1.COc1ccccc1-c1cn(SF)c2nc(NC=O)ccc12. The molecule has 184 valence electrons. The third-order valence-electron chi connectivity index (χ3n) is 5.89. The maximum absolute atomic E-state index is 13.2. The lowest BCUT2D eigenvalue weighted by molar-refractivity contribution is -0.105. The molecule has 0 unspecified atom stereocenters. The van der Waals surface area contributed by atoms with E-state index in [0.29, 0.717) is 23.6 Å². The Labute approximate surface area is 204 Å². The van der Waals surface area contributed by atoms with E-state index in [1.54, 1.807) is 25.4 Å². The molecule has 1 amide bonds. The first-order chi connectivity index (χ1) is 16.6. The van der Waals surface area contributed by atoms with Crippen LogP contribution in [0, 0.1) is 0 Å². The maximum atomic E-state index is 13.2. The molecule has 0 aliphatic carbocycles. The van der Waals surface area contributed by atoms with E-state index in [4.69, 9.17) is 4.74 Å². The number of halogens is 1. The van der Waals surface area contributed by atoms with Gasteiger partial charge in [-0.15, -0.1) is 3.89 Å². The summed E-state index contributed by atoms with van der Waals surface area (Å²) in [5, 5.41) is 6.42. The Balaban J connectivity index is 0.000000229. The van der Waals surface area contributed by atoms with Crippen LogP contribution in [0.4, 0.5) is 9.70 Å². The van der Waals surface area contributed by atoms with Gasteiger partial charge < -0.3 is 20.3 Å². The number of nitrogens with one attached hydrogen (secondary N) is 2. The number of ether oxygens (including phenoxy) is 1. The molecule has 1 aliphatic heterocycles. The van der Waals surface area contributed by atoms with Gasteiger partial charge in [-0.1, -0.05) is 25.1 Å². The molecule has 1 fully saturated rings. The van der Waals surface area contributed by atoms with Crippen molar-refractivity contribution in [2.45, 2.75) is 6.92 Å². The van der Waals surface area contributed by atoms with E-state index in [2.05, 4.69) is 32.3 Å². The Morgan fingerprint density at radius 2 is 1.85 bits per heavy atom. The summed E-state index contributed by atoms with van der Waals surface area (Å²) in [6, 6.07) is 11.0. The number of hydrogen-bond donors (Lipinski definition) is 2. The average molecular weight is 489 g/mol. The second kappa shape index (κ2) is 13.3. The van der Waals surface area contributed by atoms with Gasteiger partial charge in [-0.25, -0.2) is 8.96 Å². The van der Waals surface area contributed by atoms with Crippen LogP contribution in [0.5, 0.6) is 5.75 Å². The van der Waals surface area contributed by atoms with Gasteiger partial charge in [-0.2, -0.15) is 0 Å². The van der Waals surface area contributed by atoms with Crippen LogP contribution in [0.3, 0.4) is 0 Å². The maximum Gasteiger partial charge on any atom is 0.212 e. The zero-order chi connectivity index (χ0) is 24.3. The molecular formula is C24H33FN6O2S. The number of rotatable bonds is 9. The fraction of sp³-hybridized carbons (Fsp3) is 0.417. The molecule has 3 heterocycles. The van der Waals surface area contributed by atoms with Crippen LogP contribution in [0.1, 0.15) is 6.92 Å². The second-order valence-electron chi connectivity index (χ2n) is 7.85. The van der Waals surface area contributed by atoms with E-state index >= 15 is 0 Å². The average Bonchev–Trinajstić information content (AvgIpc) is 3.26. The molecule has 0 atom stereocenters. The first-order valence-electron chi connectivity index (χ1n) is 11.4. The Morgan fingerprint density at radius 3 is 2.50 bits per heavy atom. The number of likely N-dealkylation sites (N-methyl/N-ethyl adjacent to an activating group) is 2. The first kappa shape index (κ1) is 26.0. The van der Waals surface area contributed by atoms with Crippen molar-refractivity contribution in [3.05, 3.63) is 42.6 Å². The predicted octanol–water partition coefficient (Wildman–Crippen LogP) is 3.50. The number of hydrogen-bond acceptors (Lipinski definition) is 7. The Hall–Kier alpha value is -2.66. The number of aromatic nitrogens is 2. The third kappa shape index (κ3) is 6.47. The Morgan fingerprint density at radius 1 is 1.12 bits per heavy atom. The van der Waals surface area contributed by atoms with Crippen molar-refractivity contribution in [2.75, 3.05) is 65.3 Å². The topological polar surface area (TPSA) is 74.7 Å². The first-order valence-corrected chi connectivity index (χ1v) is 12.1. The minimum absolute atomic E-state index is 0.0513. The zero-order valence-electron chi connectivity index (χ0n) is 20.0. The summed E-state index contributed by atoms with van der Waals surface area (Å²) in [7, 11) is 3.61. The molecule has 2 aromatic heterocycles. The molecule has 1 saturated heterocycles. The van der Waals surface area contributed by atoms with Crippen molar-refractivity contribution < 1.29 is 13.4 Å². The summed E-state index contributed by atoms with van der Waals surface area (Å²) < 4.78 is 19.9. The fourth-order valence-electron chi connectivity index (χ4n) is 3.95. The van der Waals surface area contributed by atoms with Crippen molar-refractivity contribution >= 4 is 35.6 Å². The normalized spacial score (nSPS) is 14.5. The van der Waals surface area contributed by atoms with Crippen molar-refractivity contribution in [3.63, 3.8) is 0 Å². The van der Waals surface area contributed by atoms with Gasteiger partial charge in [0.15, 0.2) is 18.0 Å². The van der Waals surface area contributed by atoms with Crippen LogP contribution in [0.2, 0.25) is 0 Å². The highest BCUT2D eigenvalue weighted by Gasteiger charge is 2.16. The van der Waals surface area contributed by atoms with E-state index in [1.807, 2.05) is 31.3 Å². The van der Waals surface area contributed by atoms with Gasteiger partial charge in [0, 0.05) is 62.0 Å². The summed E-state index contributed by atoms with van der Waals surface area (Å²) in [6.45, 7) is 10.8. The van der Waals surface area contributed by atoms with Gasteiger partial charge >= 0.3 is 0 Å². The van der Waals surface area contributed by atoms with E-state index < -0.39 is 0 Å². The van der Waals surface area contributed by atoms with Gasteiger partial charge in [-0.05, 0) is 31.8 Å². The lowest BCUT2D eigenvalue weighted by Gasteiger charge is -2.33. The Kier molecular flexibility index (Phi) is 10.1. The van der Waals surface area contributed by atoms with Crippen LogP contribution in [0.25, 0.3) is 22.2 Å². The van der Waals surface area contributed by atoms with Crippen LogP contribution in [-0.2, 0) is 4.79 Å². The van der Waals surface area contributed by atoms with Crippen LogP contribution < -0.4 is 15.4 Å². The van der Waals surface area contributed by atoms with E-state index in [9.17, 15) is 8.68 Å². The van der Waals surface area contributed by atoms with E-state index in [-0.39, 0.29) is 12.3 Å². The molecule has 1 aliphatic rings. The number of piperazine rings is 1. The number of anilines is 1. The highest BCUT2D eigenvalue weighted by atomic mass is 32.2. The van der Waals surface area contributed by atoms with Gasteiger partial charge in [0.1, 0.15) is 11.6 Å². The minimum atomic E-state index is 0.0513. The predicted molar refractivity (Wildman–Crippen MR) is 138 cm³/mol. The quantitative estimate of drug-likeness (QED) is 0.447. The molecule has 2 N–H and O–H groups in total.